The fraction of sp³-hybridized carbons (Fsp3) is 0.125. The minimum Gasteiger partial charge on any atom is -0.480 e. The summed E-state index contributed by atoms with van der Waals surface area (Å²) in [6.07, 6.45) is 1.72. The Hall–Kier alpha value is -3.52. The number of halogens is 1. The van der Waals surface area contributed by atoms with E-state index in [0.29, 0.717) is 19.9 Å². The minimum absolute atomic E-state index is 0.00158. The van der Waals surface area contributed by atoms with Crippen LogP contribution in [0.25, 0.3) is 6.08 Å². The van der Waals surface area contributed by atoms with Gasteiger partial charge in [0.05, 0.1) is 16.9 Å². The zero-order valence-corrected chi connectivity index (χ0v) is 23.0. The minimum atomic E-state index is -3.92. The number of methoxy groups -OCH3 is 1. The van der Waals surface area contributed by atoms with E-state index in [4.69, 9.17) is 28.6 Å². The molecule has 3 aromatic rings. The van der Waals surface area contributed by atoms with Gasteiger partial charge in [0.15, 0.2) is 5.82 Å². The molecule has 1 aliphatic rings. The molecule has 0 atom stereocenters. The standard InChI is InChI=1S/C24H20ClN5O5S3/c1-35-22-11-10-20(27-28-22)29-38(33,34)18-8-6-17(7-9-18)26-21(31)12-13-30-23(32)19(37-24(30)36)14-15-2-4-16(25)5-3-15/h2-11,14H,12-13H2,1H3,(H,26,31)(H,27,29)/b19-14+. The Kier molecular flexibility index (Phi) is 8.62. The van der Waals surface area contributed by atoms with Gasteiger partial charge in [-0.15, -0.1) is 10.2 Å². The normalized spacial score (nSPS) is 14.6. The Labute approximate surface area is 233 Å². The molecule has 14 heteroatoms. The highest BCUT2D eigenvalue weighted by molar-refractivity contribution is 8.26. The molecule has 38 heavy (non-hydrogen) atoms. The van der Waals surface area contributed by atoms with Crippen molar-refractivity contribution in [3.8, 4) is 5.88 Å². The molecule has 10 nitrogen and oxygen atoms in total. The molecule has 1 saturated heterocycles. The molecule has 0 saturated carbocycles. The van der Waals surface area contributed by atoms with E-state index in [1.807, 2.05) is 0 Å². The predicted octanol–water partition coefficient (Wildman–Crippen LogP) is 4.17. The molecule has 1 aliphatic heterocycles. The predicted molar refractivity (Wildman–Crippen MR) is 150 cm³/mol. The van der Waals surface area contributed by atoms with Crippen LogP contribution >= 0.6 is 35.6 Å². The van der Waals surface area contributed by atoms with Gasteiger partial charge in [-0.2, -0.15) is 0 Å². The molecule has 2 heterocycles. The van der Waals surface area contributed by atoms with Crippen molar-refractivity contribution in [1.82, 2.24) is 15.1 Å². The number of ether oxygens (including phenoxy) is 1. The third kappa shape index (κ3) is 6.86. The third-order valence-electron chi connectivity index (χ3n) is 5.14. The van der Waals surface area contributed by atoms with E-state index in [1.165, 1.54) is 60.2 Å². The van der Waals surface area contributed by atoms with Gasteiger partial charge in [-0.05, 0) is 54.1 Å². The summed E-state index contributed by atoms with van der Waals surface area (Å²) in [5.41, 5.74) is 1.21. The molecule has 2 N–H and O–H groups in total. The van der Waals surface area contributed by atoms with Crippen LogP contribution in [0.2, 0.25) is 5.02 Å². The number of nitrogens with zero attached hydrogens (tertiary/aromatic N) is 3. The molecular formula is C24H20ClN5O5S3. The quantitative estimate of drug-likeness (QED) is 0.279. The smallest absolute Gasteiger partial charge is 0.266 e. The number of aromatic nitrogens is 2. The van der Waals surface area contributed by atoms with Gasteiger partial charge in [-0.25, -0.2) is 8.42 Å². The van der Waals surface area contributed by atoms with E-state index in [1.54, 1.807) is 30.3 Å². The van der Waals surface area contributed by atoms with Gasteiger partial charge in [-0.1, -0.05) is 47.7 Å². The summed E-state index contributed by atoms with van der Waals surface area (Å²) in [6, 6.07) is 15.5. The van der Waals surface area contributed by atoms with Gasteiger partial charge in [0.25, 0.3) is 15.9 Å². The van der Waals surface area contributed by atoms with Crippen molar-refractivity contribution in [2.24, 2.45) is 0 Å². The van der Waals surface area contributed by atoms with E-state index in [2.05, 4.69) is 20.2 Å². The number of sulfonamides is 1. The van der Waals surface area contributed by atoms with E-state index in [-0.39, 0.29) is 41.4 Å². The van der Waals surface area contributed by atoms with Crippen molar-refractivity contribution in [3.63, 3.8) is 0 Å². The summed E-state index contributed by atoms with van der Waals surface area (Å²) in [7, 11) is -2.50. The number of rotatable bonds is 9. The van der Waals surface area contributed by atoms with Crippen LogP contribution in [-0.2, 0) is 19.6 Å². The first-order chi connectivity index (χ1) is 18.1. The van der Waals surface area contributed by atoms with Crippen molar-refractivity contribution in [3.05, 3.63) is 76.2 Å². The molecule has 0 bridgehead atoms. The number of nitrogens with one attached hydrogen (secondary N) is 2. The van der Waals surface area contributed by atoms with Crippen molar-refractivity contribution < 1.29 is 22.7 Å². The van der Waals surface area contributed by atoms with Crippen LogP contribution in [0.15, 0.2) is 70.5 Å². The number of thiocarbonyl (C=S) groups is 1. The average Bonchev–Trinajstić information content (AvgIpc) is 3.16. The molecule has 1 aromatic heterocycles. The summed E-state index contributed by atoms with van der Waals surface area (Å²) in [5.74, 6) is -0.353. The van der Waals surface area contributed by atoms with Gasteiger partial charge in [0, 0.05) is 29.7 Å². The number of thioether (sulfide) groups is 1. The summed E-state index contributed by atoms with van der Waals surface area (Å²) < 4.78 is 32.8. The highest BCUT2D eigenvalue weighted by Gasteiger charge is 2.32. The number of amides is 2. The molecule has 2 amide bonds. The number of hydrogen-bond donors (Lipinski definition) is 2. The van der Waals surface area contributed by atoms with E-state index >= 15 is 0 Å². The Morgan fingerprint density at radius 3 is 2.45 bits per heavy atom. The highest BCUT2D eigenvalue weighted by atomic mass is 35.5. The van der Waals surface area contributed by atoms with E-state index in [9.17, 15) is 18.0 Å². The lowest BCUT2D eigenvalue weighted by atomic mass is 10.2. The summed E-state index contributed by atoms with van der Waals surface area (Å²) in [4.78, 5) is 27.1. The topological polar surface area (TPSA) is 131 Å². The van der Waals surface area contributed by atoms with Gasteiger partial charge in [-0.3, -0.25) is 19.2 Å². The number of benzene rings is 2. The lowest BCUT2D eigenvalue weighted by molar-refractivity contribution is -0.122. The second-order valence-corrected chi connectivity index (χ2v) is 11.6. The van der Waals surface area contributed by atoms with Crippen LogP contribution in [-0.4, -0.2) is 53.3 Å². The Bertz CT molecular complexity index is 1500. The maximum Gasteiger partial charge on any atom is 0.266 e. The van der Waals surface area contributed by atoms with Crippen LogP contribution < -0.4 is 14.8 Å². The Balaban J connectivity index is 1.31. The average molecular weight is 590 g/mol. The van der Waals surface area contributed by atoms with Crippen molar-refractivity contribution >= 4 is 79.3 Å². The van der Waals surface area contributed by atoms with Gasteiger partial charge < -0.3 is 10.1 Å². The van der Waals surface area contributed by atoms with Crippen LogP contribution in [0.4, 0.5) is 11.5 Å². The first kappa shape index (κ1) is 27.5. The van der Waals surface area contributed by atoms with Crippen molar-refractivity contribution in [2.75, 3.05) is 23.7 Å². The Morgan fingerprint density at radius 1 is 1.11 bits per heavy atom. The second-order valence-electron chi connectivity index (χ2n) is 7.77. The second kappa shape index (κ2) is 11.9. The summed E-state index contributed by atoms with van der Waals surface area (Å²) in [5, 5.41) is 10.7. The summed E-state index contributed by atoms with van der Waals surface area (Å²) in [6.45, 7) is 0.105. The van der Waals surface area contributed by atoms with Gasteiger partial charge in [0.1, 0.15) is 4.32 Å². The van der Waals surface area contributed by atoms with Crippen molar-refractivity contribution in [2.45, 2.75) is 11.3 Å². The monoisotopic (exact) mass is 589 g/mol. The molecule has 0 unspecified atom stereocenters. The zero-order valence-electron chi connectivity index (χ0n) is 19.8. The van der Waals surface area contributed by atoms with E-state index in [0.717, 1.165) is 5.56 Å². The molecular weight excluding hydrogens is 570 g/mol. The molecule has 0 spiro atoms. The fourth-order valence-corrected chi connectivity index (χ4v) is 5.67. The largest absolute Gasteiger partial charge is 0.480 e. The SMILES string of the molecule is COc1ccc(NS(=O)(=O)c2ccc(NC(=O)CCN3C(=O)/C(=C\c4ccc(Cl)cc4)SC3=S)cc2)nn1. The first-order valence-corrected chi connectivity index (χ1v) is 14.0. The maximum absolute atomic E-state index is 12.8. The molecule has 4 rings (SSSR count). The van der Waals surface area contributed by atoms with Crippen molar-refractivity contribution in [1.29, 1.82) is 0 Å². The van der Waals surface area contributed by atoms with Gasteiger partial charge >= 0.3 is 0 Å². The van der Waals surface area contributed by atoms with Crippen LogP contribution in [0.1, 0.15) is 12.0 Å². The first-order valence-electron chi connectivity index (χ1n) is 11.0. The summed E-state index contributed by atoms with van der Waals surface area (Å²) >= 11 is 12.4. The maximum atomic E-state index is 12.8. The lowest BCUT2D eigenvalue weighted by Crippen LogP contribution is -2.31. The molecule has 196 valence electrons. The third-order valence-corrected chi connectivity index (χ3v) is 8.14. The molecule has 2 aromatic carbocycles. The van der Waals surface area contributed by atoms with Gasteiger partial charge in [0.2, 0.25) is 11.8 Å². The fourth-order valence-electron chi connectivity index (χ4n) is 3.24. The number of carbonyl (C=O) groups excluding carboxylic acids is 2. The zero-order chi connectivity index (χ0) is 27.3. The molecule has 0 aliphatic carbocycles. The van der Waals surface area contributed by atoms with Crippen LogP contribution in [0.5, 0.6) is 5.88 Å². The molecule has 1 fully saturated rings. The number of hydrogen-bond acceptors (Lipinski definition) is 9. The van der Waals surface area contributed by atoms with Crippen LogP contribution in [0.3, 0.4) is 0 Å². The number of carbonyl (C=O) groups is 2. The van der Waals surface area contributed by atoms with E-state index < -0.39 is 10.0 Å². The lowest BCUT2D eigenvalue weighted by Gasteiger charge is -2.14. The van der Waals surface area contributed by atoms with Crippen LogP contribution in [0, 0.1) is 0 Å². The Morgan fingerprint density at radius 2 is 1.82 bits per heavy atom. The number of anilines is 2. The molecule has 0 radical (unpaired) electrons. The highest BCUT2D eigenvalue weighted by Crippen LogP contribution is 2.32.